The van der Waals surface area contributed by atoms with Crippen molar-refractivity contribution in [3.05, 3.63) is 71.0 Å². The summed E-state index contributed by atoms with van der Waals surface area (Å²) in [6, 6.07) is 13.0. The van der Waals surface area contributed by atoms with Crippen LogP contribution in [0.5, 0.6) is 0 Å². The second-order valence-corrected chi connectivity index (χ2v) is 4.98. The molecule has 20 heavy (non-hydrogen) atoms. The van der Waals surface area contributed by atoms with Crippen molar-refractivity contribution in [3.8, 4) is 0 Å². The molecule has 0 fully saturated rings. The molecule has 0 saturated carbocycles. The zero-order chi connectivity index (χ0) is 14.1. The van der Waals surface area contributed by atoms with Crippen molar-refractivity contribution >= 4 is 11.6 Å². The first-order chi connectivity index (χ1) is 9.66. The first-order valence-corrected chi connectivity index (χ1v) is 6.57. The Labute approximate surface area is 116 Å². The lowest BCUT2D eigenvalue weighted by Crippen LogP contribution is -2.20. The lowest BCUT2D eigenvalue weighted by Gasteiger charge is -2.13. The summed E-state index contributed by atoms with van der Waals surface area (Å²) in [5.74, 6) is -1.68. The van der Waals surface area contributed by atoms with E-state index in [0.29, 0.717) is 24.0 Å². The van der Waals surface area contributed by atoms with E-state index in [4.69, 9.17) is 0 Å². The van der Waals surface area contributed by atoms with E-state index in [9.17, 15) is 14.0 Å². The van der Waals surface area contributed by atoms with Crippen molar-refractivity contribution in [1.82, 2.24) is 0 Å². The van der Waals surface area contributed by atoms with Crippen molar-refractivity contribution in [3.63, 3.8) is 0 Å². The molecule has 3 heteroatoms. The summed E-state index contributed by atoms with van der Waals surface area (Å²) >= 11 is 0. The van der Waals surface area contributed by atoms with Crippen LogP contribution in [0.1, 0.15) is 33.8 Å². The molecular weight excluding hydrogens is 255 g/mol. The molecule has 0 saturated heterocycles. The Hall–Kier alpha value is -2.29. The zero-order valence-electron chi connectivity index (χ0n) is 10.8. The van der Waals surface area contributed by atoms with Crippen LogP contribution in [0, 0.1) is 5.82 Å². The fraction of sp³-hybridized carbons (Fsp3) is 0.176. The molecule has 100 valence electrons. The average Bonchev–Trinajstić information content (AvgIpc) is 2.57. The molecule has 0 heterocycles. The summed E-state index contributed by atoms with van der Waals surface area (Å²) in [6.07, 6.45) is 0.872. The summed E-state index contributed by atoms with van der Waals surface area (Å²) in [4.78, 5) is 24.9. The number of benzene rings is 2. The average molecular weight is 268 g/mol. The molecule has 3 rings (SSSR count). The van der Waals surface area contributed by atoms with Crippen molar-refractivity contribution in [2.75, 3.05) is 0 Å². The number of halogens is 1. The molecule has 1 aliphatic carbocycles. The SMILES string of the molecule is O=C1CCc2ccccc2C(=O)C1c1cccc(F)c1. The molecular formula is C17H13FO2. The van der Waals surface area contributed by atoms with Gasteiger partial charge in [0.2, 0.25) is 0 Å². The highest BCUT2D eigenvalue weighted by molar-refractivity contribution is 6.16. The second-order valence-electron chi connectivity index (χ2n) is 4.98. The maximum atomic E-state index is 13.4. The highest BCUT2D eigenvalue weighted by atomic mass is 19.1. The van der Waals surface area contributed by atoms with Gasteiger partial charge in [-0.15, -0.1) is 0 Å². The largest absolute Gasteiger partial charge is 0.298 e. The summed E-state index contributed by atoms with van der Waals surface area (Å²) < 4.78 is 13.4. The minimum Gasteiger partial charge on any atom is -0.298 e. The van der Waals surface area contributed by atoms with E-state index in [1.54, 1.807) is 18.2 Å². The lowest BCUT2D eigenvalue weighted by molar-refractivity contribution is -0.119. The number of carbonyl (C=O) groups excluding carboxylic acids is 2. The topological polar surface area (TPSA) is 34.1 Å². The first-order valence-electron chi connectivity index (χ1n) is 6.57. The molecule has 1 unspecified atom stereocenters. The second kappa shape index (κ2) is 5.00. The lowest BCUT2D eigenvalue weighted by atomic mass is 9.88. The van der Waals surface area contributed by atoms with Crippen LogP contribution >= 0.6 is 0 Å². The van der Waals surface area contributed by atoms with Gasteiger partial charge in [-0.1, -0.05) is 36.4 Å². The maximum absolute atomic E-state index is 13.4. The maximum Gasteiger partial charge on any atom is 0.178 e. The Morgan fingerprint density at radius 3 is 2.55 bits per heavy atom. The van der Waals surface area contributed by atoms with Crippen LogP contribution in [-0.2, 0) is 11.2 Å². The summed E-state index contributed by atoms with van der Waals surface area (Å²) in [7, 11) is 0. The number of fused-ring (bicyclic) bond motifs is 1. The predicted molar refractivity (Wildman–Crippen MR) is 73.2 cm³/mol. The Balaban J connectivity index is 2.11. The van der Waals surface area contributed by atoms with Crippen LogP contribution in [-0.4, -0.2) is 11.6 Å². The van der Waals surface area contributed by atoms with Gasteiger partial charge in [0.05, 0.1) is 0 Å². The number of aryl methyl sites for hydroxylation is 1. The summed E-state index contributed by atoms with van der Waals surface area (Å²) in [5.41, 5.74) is 1.91. The molecule has 2 aromatic carbocycles. The predicted octanol–water partition coefficient (Wildman–Crippen LogP) is 3.31. The summed E-state index contributed by atoms with van der Waals surface area (Å²) in [6.45, 7) is 0. The van der Waals surface area contributed by atoms with Gasteiger partial charge in [0, 0.05) is 12.0 Å². The number of carbonyl (C=O) groups is 2. The van der Waals surface area contributed by atoms with E-state index < -0.39 is 11.7 Å². The van der Waals surface area contributed by atoms with Crippen LogP contribution in [0.15, 0.2) is 48.5 Å². The number of Topliss-reactive ketones (excluding diaryl/α,β-unsaturated/α-hetero) is 2. The molecule has 0 spiro atoms. The van der Waals surface area contributed by atoms with Crippen molar-refractivity contribution in [2.45, 2.75) is 18.8 Å². The molecule has 2 aromatic rings. The van der Waals surface area contributed by atoms with Crippen LogP contribution in [0.4, 0.5) is 4.39 Å². The monoisotopic (exact) mass is 268 g/mol. The minimum absolute atomic E-state index is 0.142. The van der Waals surface area contributed by atoms with E-state index in [-0.39, 0.29) is 11.6 Å². The van der Waals surface area contributed by atoms with Gasteiger partial charge in [0.15, 0.2) is 5.78 Å². The van der Waals surface area contributed by atoms with Gasteiger partial charge in [0.1, 0.15) is 17.5 Å². The van der Waals surface area contributed by atoms with E-state index in [0.717, 1.165) is 5.56 Å². The third-order valence-corrected chi connectivity index (χ3v) is 3.69. The molecule has 0 aliphatic heterocycles. The van der Waals surface area contributed by atoms with Crippen molar-refractivity contribution in [1.29, 1.82) is 0 Å². The van der Waals surface area contributed by atoms with E-state index in [1.807, 2.05) is 12.1 Å². The number of ketones is 2. The third kappa shape index (κ3) is 2.16. The van der Waals surface area contributed by atoms with Crippen molar-refractivity contribution in [2.24, 2.45) is 0 Å². The molecule has 0 amide bonds. The molecule has 1 aliphatic rings. The highest BCUT2D eigenvalue weighted by Gasteiger charge is 2.32. The Morgan fingerprint density at radius 1 is 0.950 bits per heavy atom. The number of rotatable bonds is 1. The van der Waals surface area contributed by atoms with Gasteiger partial charge in [-0.2, -0.15) is 0 Å². The Morgan fingerprint density at radius 2 is 1.75 bits per heavy atom. The van der Waals surface area contributed by atoms with E-state index in [2.05, 4.69) is 0 Å². The quantitative estimate of drug-likeness (QED) is 0.587. The third-order valence-electron chi connectivity index (χ3n) is 3.69. The standard InChI is InChI=1S/C17H13FO2/c18-13-6-3-5-12(10-13)16-15(19)9-8-11-4-1-2-7-14(11)17(16)20/h1-7,10,16H,8-9H2. The van der Waals surface area contributed by atoms with Crippen LogP contribution in [0.3, 0.4) is 0 Å². The zero-order valence-corrected chi connectivity index (χ0v) is 10.8. The van der Waals surface area contributed by atoms with Crippen LogP contribution in [0.2, 0.25) is 0 Å². The van der Waals surface area contributed by atoms with E-state index >= 15 is 0 Å². The molecule has 0 aromatic heterocycles. The van der Waals surface area contributed by atoms with Gasteiger partial charge >= 0.3 is 0 Å². The molecule has 1 atom stereocenters. The van der Waals surface area contributed by atoms with Gasteiger partial charge in [-0.25, -0.2) is 4.39 Å². The van der Waals surface area contributed by atoms with Gasteiger partial charge in [0.25, 0.3) is 0 Å². The fourth-order valence-corrected chi connectivity index (χ4v) is 2.71. The number of hydrogen-bond acceptors (Lipinski definition) is 2. The van der Waals surface area contributed by atoms with Crippen molar-refractivity contribution < 1.29 is 14.0 Å². The Bertz CT molecular complexity index is 691. The van der Waals surface area contributed by atoms with E-state index in [1.165, 1.54) is 18.2 Å². The molecule has 0 N–H and O–H groups in total. The minimum atomic E-state index is -0.880. The fourth-order valence-electron chi connectivity index (χ4n) is 2.71. The molecule has 2 nitrogen and oxygen atoms in total. The summed E-state index contributed by atoms with van der Waals surface area (Å²) in [5, 5.41) is 0. The highest BCUT2D eigenvalue weighted by Crippen LogP contribution is 2.29. The van der Waals surface area contributed by atoms with Crippen LogP contribution < -0.4 is 0 Å². The molecule has 0 radical (unpaired) electrons. The van der Waals surface area contributed by atoms with Gasteiger partial charge in [-0.3, -0.25) is 9.59 Å². The van der Waals surface area contributed by atoms with Gasteiger partial charge < -0.3 is 0 Å². The Kier molecular flexibility index (Phi) is 3.18. The normalized spacial score (nSPS) is 18.6. The smallest absolute Gasteiger partial charge is 0.178 e. The first kappa shape index (κ1) is 12.7. The molecule has 0 bridgehead atoms. The van der Waals surface area contributed by atoms with Crippen LogP contribution in [0.25, 0.3) is 0 Å². The number of hydrogen-bond donors (Lipinski definition) is 0. The van der Waals surface area contributed by atoms with Gasteiger partial charge in [-0.05, 0) is 29.7 Å².